The molecular formula is C24H28N4O2. The lowest BCUT2D eigenvalue weighted by Crippen LogP contribution is -2.38. The maximum Gasteiger partial charge on any atom is 0.227 e. The first-order valence-electron chi connectivity index (χ1n) is 10.4. The summed E-state index contributed by atoms with van der Waals surface area (Å²) in [4.78, 5) is 19.6. The van der Waals surface area contributed by atoms with Gasteiger partial charge in [0.1, 0.15) is 11.6 Å². The third-order valence-electron chi connectivity index (χ3n) is 5.78. The second-order valence-corrected chi connectivity index (χ2v) is 7.81. The average Bonchev–Trinajstić information content (AvgIpc) is 3.18. The van der Waals surface area contributed by atoms with Crippen LogP contribution in [0.1, 0.15) is 18.7 Å². The van der Waals surface area contributed by atoms with Crippen LogP contribution in [0.2, 0.25) is 0 Å². The van der Waals surface area contributed by atoms with E-state index in [1.54, 1.807) is 7.11 Å². The van der Waals surface area contributed by atoms with Crippen LogP contribution in [0.5, 0.6) is 5.75 Å². The minimum atomic E-state index is 0.0445. The third-order valence-corrected chi connectivity index (χ3v) is 5.78. The van der Waals surface area contributed by atoms with Crippen molar-refractivity contribution in [3.63, 3.8) is 0 Å². The molecular weight excluding hydrogens is 376 g/mol. The number of likely N-dealkylation sites (tertiary alicyclic amines) is 1. The van der Waals surface area contributed by atoms with Crippen LogP contribution in [0, 0.1) is 5.92 Å². The predicted molar refractivity (Wildman–Crippen MR) is 118 cm³/mol. The maximum atomic E-state index is 12.8. The number of methoxy groups -OCH3 is 1. The number of ether oxygens (including phenoxy) is 1. The summed E-state index contributed by atoms with van der Waals surface area (Å²) in [6.45, 7) is 2.66. The molecule has 0 saturated carbocycles. The number of amides is 1. The first-order chi connectivity index (χ1) is 14.6. The number of hydrogen-bond acceptors (Lipinski definition) is 4. The molecule has 1 aromatic heterocycles. The lowest BCUT2D eigenvalue weighted by Gasteiger charge is -2.31. The van der Waals surface area contributed by atoms with Crippen LogP contribution in [0.15, 0.2) is 60.9 Å². The number of aromatic nitrogens is 2. The molecule has 156 valence electrons. The number of aryl methyl sites for hydroxylation is 1. The second kappa shape index (κ2) is 9.13. The highest BCUT2D eigenvalue weighted by atomic mass is 16.5. The van der Waals surface area contributed by atoms with E-state index in [2.05, 4.69) is 15.2 Å². The zero-order valence-electron chi connectivity index (χ0n) is 17.5. The number of nitrogens with zero attached hydrogens (tertiary/aromatic N) is 3. The Morgan fingerprint density at radius 3 is 2.57 bits per heavy atom. The molecule has 1 saturated heterocycles. The Morgan fingerprint density at radius 1 is 1.13 bits per heavy atom. The Morgan fingerprint density at radius 2 is 1.87 bits per heavy atom. The smallest absolute Gasteiger partial charge is 0.227 e. The normalized spacial score (nSPS) is 15.1. The summed E-state index contributed by atoms with van der Waals surface area (Å²) in [7, 11) is 3.68. The third kappa shape index (κ3) is 4.71. The Bertz CT molecular complexity index is 1010. The van der Waals surface area contributed by atoms with E-state index < -0.39 is 0 Å². The van der Waals surface area contributed by atoms with E-state index in [0.29, 0.717) is 0 Å². The van der Waals surface area contributed by atoms with E-state index in [0.717, 1.165) is 60.9 Å². The van der Waals surface area contributed by atoms with E-state index >= 15 is 0 Å². The van der Waals surface area contributed by atoms with Crippen molar-refractivity contribution in [2.24, 2.45) is 13.0 Å². The Hall–Kier alpha value is -3.12. The predicted octanol–water partition coefficient (Wildman–Crippen LogP) is 3.95. The lowest BCUT2D eigenvalue weighted by atomic mass is 9.95. The van der Waals surface area contributed by atoms with Crippen molar-refractivity contribution in [3.05, 3.63) is 66.7 Å². The summed E-state index contributed by atoms with van der Waals surface area (Å²) in [5, 5.41) is 3.11. The molecule has 0 atom stereocenters. The summed E-state index contributed by atoms with van der Waals surface area (Å²) in [6.07, 6.45) is 5.53. The van der Waals surface area contributed by atoms with Gasteiger partial charge in [-0.2, -0.15) is 0 Å². The van der Waals surface area contributed by atoms with Crippen molar-refractivity contribution in [1.82, 2.24) is 14.5 Å². The first kappa shape index (κ1) is 20.2. The first-order valence-corrected chi connectivity index (χ1v) is 10.4. The number of carbonyl (C=O) groups is 1. The van der Waals surface area contributed by atoms with Crippen molar-refractivity contribution in [1.29, 1.82) is 0 Å². The molecule has 1 aliphatic heterocycles. The highest BCUT2D eigenvalue weighted by Crippen LogP contribution is 2.27. The Balaban J connectivity index is 1.35. The van der Waals surface area contributed by atoms with Crippen LogP contribution in [0.25, 0.3) is 11.1 Å². The van der Waals surface area contributed by atoms with Gasteiger partial charge in [-0.3, -0.25) is 9.69 Å². The largest absolute Gasteiger partial charge is 0.497 e. The summed E-state index contributed by atoms with van der Waals surface area (Å²) < 4.78 is 7.37. The number of nitrogens with one attached hydrogen (secondary N) is 1. The quantitative estimate of drug-likeness (QED) is 0.676. The number of carbonyl (C=O) groups excluding carboxylic acids is 1. The van der Waals surface area contributed by atoms with E-state index in [4.69, 9.17) is 4.74 Å². The molecule has 0 aliphatic carbocycles. The number of rotatable bonds is 6. The minimum absolute atomic E-state index is 0.0445. The molecule has 1 amide bonds. The lowest BCUT2D eigenvalue weighted by molar-refractivity contribution is -0.121. The molecule has 30 heavy (non-hydrogen) atoms. The average molecular weight is 405 g/mol. The molecule has 1 aliphatic rings. The van der Waals surface area contributed by atoms with Crippen molar-refractivity contribution in [2.45, 2.75) is 19.4 Å². The van der Waals surface area contributed by atoms with Crippen molar-refractivity contribution < 1.29 is 9.53 Å². The maximum absolute atomic E-state index is 12.8. The van der Waals surface area contributed by atoms with Gasteiger partial charge >= 0.3 is 0 Å². The van der Waals surface area contributed by atoms with E-state index in [9.17, 15) is 4.79 Å². The molecule has 2 heterocycles. The van der Waals surface area contributed by atoms with Gasteiger partial charge in [0.2, 0.25) is 5.91 Å². The summed E-state index contributed by atoms with van der Waals surface area (Å²) in [5.74, 6) is 2.03. The topological polar surface area (TPSA) is 59.4 Å². The highest BCUT2D eigenvalue weighted by Gasteiger charge is 2.25. The van der Waals surface area contributed by atoms with Crippen molar-refractivity contribution >= 4 is 11.6 Å². The fourth-order valence-electron chi connectivity index (χ4n) is 3.93. The Kier molecular flexibility index (Phi) is 6.14. The number of hydrogen-bond donors (Lipinski definition) is 1. The monoisotopic (exact) mass is 404 g/mol. The standard InChI is InChI=1S/C24H28N4O2/c1-27-14-11-25-23(27)17-28-12-9-18(10-13-28)24(29)26-21-7-3-5-19(15-21)20-6-4-8-22(16-20)30-2/h3-8,11,14-16,18H,9-10,12-13,17H2,1-2H3,(H,26,29). The van der Waals surface area contributed by atoms with Gasteiger partial charge < -0.3 is 14.6 Å². The molecule has 2 aromatic carbocycles. The van der Waals surface area contributed by atoms with Gasteiger partial charge in [0.15, 0.2) is 0 Å². The van der Waals surface area contributed by atoms with Gasteiger partial charge in [-0.05, 0) is 61.3 Å². The molecule has 6 nitrogen and oxygen atoms in total. The molecule has 0 radical (unpaired) electrons. The molecule has 0 spiro atoms. The zero-order chi connectivity index (χ0) is 20.9. The zero-order valence-corrected chi connectivity index (χ0v) is 17.5. The van der Waals surface area contributed by atoms with Gasteiger partial charge in [0, 0.05) is 31.0 Å². The van der Waals surface area contributed by atoms with Crippen LogP contribution >= 0.6 is 0 Å². The van der Waals surface area contributed by atoms with Crippen LogP contribution < -0.4 is 10.1 Å². The van der Waals surface area contributed by atoms with Gasteiger partial charge in [0.25, 0.3) is 0 Å². The van der Waals surface area contributed by atoms with Crippen LogP contribution in [-0.2, 0) is 18.4 Å². The molecule has 4 rings (SSSR count). The summed E-state index contributed by atoms with van der Waals surface area (Å²) in [6, 6.07) is 15.9. The van der Waals surface area contributed by atoms with E-state index in [1.807, 2.05) is 72.5 Å². The molecule has 1 fully saturated rings. The molecule has 6 heteroatoms. The Labute approximate surface area is 177 Å². The van der Waals surface area contributed by atoms with Gasteiger partial charge in [-0.1, -0.05) is 24.3 Å². The molecule has 3 aromatic rings. The fraction of sp³-hybridized carbons (Fsp3) is 0.333. The summed E-state index contributed by atoms with van der Waals surface area (Å²) >= 11 is 0. The summed E-state index contributed by atoms with van der Waals surface area (Å²) in [5.41, 5.74) is 2.94. The number of imidazole rings is 1. The molecule has 0 unspecified atom stereocenters. The fourth-order valence-corrected chi connectivity index (χ4v) is 3.93. The van der Waals surface area contributed by atoms with Crippen LogP contribution in [0.4, 0.5) is 5.69 Å². The number of benzene rings is 2. The minimum Gasteiger partial charge on any atom is -0.497 e. The second-order valence-electron chi connectivity index (χ2n) is 7.81. The van der Waals surface area contributed by atoms with Crippen molar-refractivity contribution in [2.75, 3.05) is 25.5 Å². The van der Waals surface area contributed by atoms with Gasteiger partial charge in [-0.15, -0.1) is 0 Å². The molecule has 0 bridgehead atoms. The van der Waals surface area contributed by atoms with Crippen LogP contribution in [-0.4, -0.2) is 40.6 Å². The number of anilines is 1. The number of piperidine rings is 1. The SMILES string of the molecule is COc1cccc(-c2cccc(NC(=O)C3CCN(Cc4nccn4C)CC3)c2)c1. The van der Waals surface area contributed by atoms with E-state index in [1.165, 1.54) is 0 Å². The van der Waals surface area contributed by atoms with E-state index in [-0.39, 0.29) is 11.8 Å². The molecule has 1 N–H and O–H groups in total. The van der Waals surface area contributed by atoms with Crippen LogP contribution in [0.3, 0.4) is 0 Å². The highest BCUT2D eigenvalue weighted by molar-refractivity contribution is 5.93. The van der Waals surface area contributed by atoms with Gasteiger partial charge in [-0.25, -0.2) is 4.98 Å². The van der Waals surface area contributed by atoms with Crippen molar-refractivity contribution in [3.8, 4) is 16.9 Å². The van der Waals surface area contributed by atoms with Gasteiger partial charge in [0.05, 0.1) is 13.7 Å².